The van der Waals surface area contributed by atoms with Gasteiger partial charge in [0.1, 0.15) is 11.5 Å². The highest BCUT2D eigenvalue weighted by atomic mass is 16.5. The molecule has 3 N–H and O–H groups in total. The van der Waals surface area contributed by atoms with E-state index in [0.29, 0.717) is 0 Å². The number of nitrogens with one attached hydrogen (secondary N) is 1. The lowest BCUT2D eigenvalue weighted by atomic mass is 9.96. The highest BCUT2D eigenvalue weighted by Gasteiger charge is 2.21. The highest BCUT2D eigenvalue weighted by molar-refractivity contribution is 5.50. The largest absolute Gasteiger partial charge is 0.496 e. The molecule has 0 heterocycles. The monoisotopic (exact) mass is 286 g/mol. The zero-order valence-electron chi connectivity index (χ0n) is 12.7. The van der Waals surface area contributed by atoms with Gasteiger partial charge in [-0.15, -0.1) is 0 Å². The molecule has 2 aromatic carbocycles. The number of aryl methyl sites for hydroxylation is 1. The first kappa shape index (κ1) is 15.4. The molecule has 1 unspecified atom stereocenters. The summed E-state index contributed by atoms with van der Waals surface area (Å²) in [4.78, 5) is 0. The van der Waals surface area contributed by atoms with Crippen molar-refractivity contribution in [1.29, 1.82) is 0 Å². The fourth-order valence-corrected chi connectivity index (χ4v) is 2.46. The number of methoxy groups -OCH3 is 2. The normalized spacial score (nSPS) is 12.0. The van der Waals surface area contributed by atoms with Crippen LogP contribution in [0, 0.1) is 0 Å². The lowest BCUT2D eigenvalue weighted by Gasteiger charge is -2.22. The Bertz CT molecular complexity index is 560. The number of hydrazine groups is 1. The fourth-order valence-electron chi connectivity index (χ4n) is 2.46. The zero-order valence-corrected chi connectivity index (χ0v) is 12.7. The molecule has 21 heavy (non-hydrogen) atoms. The lowest BCUT2D eigenvalue weighted by molar-refractivity contribution is 0.377. The molecule has 0 amide bonds. The minimum atomic E-state index is -0.193. The Hall–Kier alpha value is -2.04. The van der Waals surface area contributed by atoms with Crippen molar-refractivity contribution in [3.63, 3.8) is 0 Å². The van der Waals surface area contributed by atoms with Crippen LogP contribution in [0.15, 0.2) is 42.5 Å². The number of benzene rings is 2. The minimum Gasteiger partial charge on any atom is -0.496 e. The van der Waals surface area contributed by atoms with E-state index in [1.807, 2.05) is 18.2 Å². The SMILES string of the molecule is CCc1ccc(C(NN)c2c(OC)cccc2OC)cc1. The van der Waals surface area contributed by atoms with Gasteiger partial charge >= 0.3 is 0 Å². The number of hydrogen-bond acceptors (Lipinski definition) is 4. The summed E-state index contributed by atoms with van der Waals surface area (Å²) in [5, 5.41) is 0. The van der Waals surface area contributed by atoms with E-state index < -0.39 is 0 Å². The third-order valence-electron chi connectivity index (χ3n) is 3.64. The van der Waals surface area contributed by atoms with E-state index in [2.05, 4.69) is 36.6 Å². The van der Waals surface area contributed by atoms with Crippen LogP contribution in [0.3, 0.4) is 0 Å². The molecular formula is C17H22N2O2. The number of rotatable bonds is 6. The van der Waals surface area contributed by atoms with Crippen LogP contribution in [0.5, 0.6) is 11.5 Å². The molecule has 0 aromatic heterocycles. The molecule has 0 saturated carbocycles. The Kier molecular flexibility index (Phi) is 5.20. The van der Waals surface area contributed by atoms with Crippen LogP contribution < -0.4 is 20.7 Å². The number of hydrogen-bond donors (Lipinski definition) is 2. The second kappa shape index (κ2) is 7.11. The summed E-state index contributed by atoms with van der Waals surface area (Å²) >= 11 is 0. The van der Waals surface area contributed by atoms with E-state index in [1.54, 1.807) is 14.2 Å². The first-order chi connectivity index (χ1) is 10.2. The van der Waals surface area contributed by atoms with Crippen molar-refractivity contribution in [3.05, 3.63) is 59.2 Å². The van der Waals surface area contributed by atoms with E-state index in [1.165, 1.54) is 5.56 Å². The third kappa shape index (κ3) is 3.17. The van der Waals surface area contributed by atoms with Crippen LogP contribution in [0.4, 0.5) is 0 Å². The maximum absolute atomic E-state index is 5.79. The summed E-state index contributed by atoms with van der Waals surface area (Å²) in [5.41, 5.74) is 6.12. The van der Waals surface area contributed by atoms with Crippen molar-refractivity contribution in [2.24, 2.45) is 5.84 Å². The standard InChI is InChI=1S/C17H22N2O2/c1-4-12-8-10-13(11-9-12)17(19-18)16-14(20-2)6-5-7-15(16)21-3/h5-11,17,19H,4,18H2,1-3H3. The third-order valence-corrected chi connectivity index (χ3v) is 3.64. The molecule has 0 radical (unpaired) electrons. The fraction of sp³-hybridized carbons (Fsp3) is 0.294. The molecular weight excluding hydrogens is 264 g/mol. The smallest absolute Gasteiger partial charge is 0.127 e. The van der Waals surface area contributed by atoms with Crippen LogP contribution in [0.1, 0.15) is 29.7 Å². The summed E-state index contributed by atoms with van der Waals surface area (Å²) in [6.07, 6.45) is 1.01. The average Bonchev–Trinajstić information content (AvgIpc) is 2.56. The van der Waals surface area contributed by atoms with Gasteiger partial charge in [0.2, 0.25) is 0 Å². The zero-order chi connectivity index (χ0) is 15.2. The molecule has 4 heteroatoms. The lowest BCUT2D eigenvalue weighted by Crippen LogP contribution is -2.29. The Morgan fingerprint density at radius 1 is 1.00 bits per heavy atom. The molecule has 0 aliphatic heterocycles. The van der Waals surface area contributed by atoms with Gasteiger partial charge in [0.25, 0.3) is 0 Å². The summed E-state index contributed by atoms with van der Waals surface area (Å²) in [6, 6.07) is 13.9. The predicted molar refractivity (Wildman–Crippen MR) is 84.5 cm³/mol. The summed E-state index contributed by atoms with van der Waals surface area (Å²) in [5.74, 6) is 7.29. The van der Waals surface area contributed by atoms with Gasteiger partial charge in [0.15, 0.2) is 0 Å². The molecule has 0 saturated heterocycles. The Morgan fingerprint density at radius 2 is 1.57 bits per heavy atom. The van der Waals surface area contributed by atoms with Crippen LogP contribution in [-0.4, -0.2) is 14.2 Å². The van der Waals surface area contributed by atoms with Gasteiger partial charge in [-0.05, 0) is 29.7 Å². The summed E-state index contributed by atoms with van der Waals surface area (Å²) < 4.78 is 10.9. The topological polar surface area (TPSA) is 56.5 Å². The van der Waals surface area contributed by atoms with Crippen LogP contribution in [-0.2, 0) is 6.42 Å². The maximum atomic E-state index is 5.79. The van der Waals surface area contributed by atoms with E-state index in [0.717, 1.165) is 29.0 Å². The van der Waals surface area contributed by atoms with Gasteiger partial charge in [-0.3, -0.25) is 5.84 Å². The molecule has 0 bridgehead atoms. The van der Waals surface area contributed by atoms with Crippen molar-refractivity contribution in [3.8, 4) is 11.5 Å². The molecule has 2 rings (SSSR count). The van der Waals surface area contributed by atoms with Crippen LogP contribution >= 0.6 is 0 Å². The van der Waals surface area contributed by atoms with Crippen molar-refractivity contribution >= 4 is 0 Å². The molecule has 0 aliphatic carbocycles. The summed E-state index contributed by atoms with van der Waals surface area (Å²) in [7, 11) is 3.29. The minimum absolute atomic E-state index is 0.193. The quantitative estimate of drug-likeness (QED) is 0.633. The first-order valence-electron chi connectivity index (χ1n) is 7.01. The number of nitrogens with two attached hydrogens (primary N) is 1. The Morgan fingerprint density at radius 3 is 2.00 bits per heavy atom. The molecule has 0 spiro atoms. The Balaban J connectivity index is 2.49. The second-order valence-electron chi connectivity index (χ2n) is 4.77. The molecule has 1 atom stereocenters. The first-order valence-corrected chi connectivity index (χ1v) is 7.01. The van der Waals surface area contributed by atoms with Crippen LogP contribution in [0.2, 0.25) is 0 Å². The predicted octanol–water partition coefficient (Wildman–Crippen LogP) is 2.82. The van der Waals surface area contributed by atoms with E-state index in [-0.39, 0.29) is 6.04 Å². The molecule has 4 nitrogen and oxygen atoms in total. The van der Waals surface area contributed by atoms with Gasteiger partial charge in [0, 0.05) is 0 Å². The van der Waals surface area contributed by atoms with Gasteiger partial charge in [-0.25, -0.2) is 5.43 Å². The van der Waals surface area contributed by atoms with Crippen LogP contribution in [0.25, 0.3) is 0 Å². The Labute approximate surface area is 125 Å². The number of ether oxygens (including phenoxy) is 2. The van der Waals surface area contributed by atoms with Crippen molar-refractivity contribution in [2.45, 2.75) is 19.4 Å². The van der Waals surface area contributed by atoms with Gasteiger partial charge in [0.05, 0.1) is 25.8 Å². The van der Waals surface area contributed by atoms with Gasteiger partial charge in [-0.1, -0.05) is 37.3 Å². The van der Waals surface area contributed by atoms with Crippen molar-refractivity contribution in [1.82, 2.24) is 5.43 Å². The second-order valence-corrected chi connectivity index (χ2v) is 4.77. The van der Waals surface area contributed by atoms with Gasteiger partial charge < -0.3 is 9.47 Å². The molecule has 0 aliphatic rings. The van der Waals surface area contributed by atoms with Gasteiger partial charge in [-0.2, -0.15) is 0 Å². The average molecular weight is 286 g/mol. The van der Waals surface area contributed by atoms with Crippen molar-refractivity contribution in [2.75, 3.05) is 14.2 Å². The molecule has 112 valence electrons. The summed E-state index contributed by atoms with van der Waals surface area (Å²) in [6.45, 7) is 2.14. The maximum Gasteiger partial charge on any atom is 0.127 e. The molecule has 2 aromatic rings. The van der Waals surface area contributed by atoms with E-state index in [4.69, 9.17) is 15.3 Å². The highest BCUT2D eigenvalue weighted by Crippen LogP contribution is 2.36. The van der Waals surface area contributed by atoms with Crippen molar-refractivity contribution < 1.29 is 9.47 Å². The van der Waals surface area contributed by atoms with E-state index in [9.17, 15) is 0 Å². The van der Waals surface area contributed by atoms with E-state index >= 15 is 0 Å². The molecule has 0 fully saturated rings.